The summed E-state index contributed by atoms with van der Waals surface area (Å²) in [7, 11) is 1.63. The Kier molecular flexibility index (Phi) is 5.43. The van der Waals surface area contributed by atoms with Crippen molar-refractivity contribution in [2.24, 2.45) is 5.92 Å². The zero-order valence-corrected chi connectivity index (χ0v) is 13.3. The summed E-state index contributed by atoms with van der Waals surface area (Å²) in [5.74, 6) is -0.372. The minimum absolute atomic E-state index is 0.301. The number of esters is 1. The van der Waals surface area contributed by atoms with Gasteiger partial charge in [-0.15, -0.1) is 0 Å². The molecule has 22 heavy (non-hydrogen) atoms. The molecule has 0 aromatic heterocycles. The average molecular weight is 301 g/mol. The summed E-state index contributed by atoms with van der Waals surface area (Å²) in [6.45, 7) is 2.07. The van der Waals surface area contributed by atoms with Crippen molar-refractivity contribution in [1.82, 2.24) is 0 Å². The third kappa shape index (κ3) is 3.09. The van der Waals surface area contributed by atoms with Gasteiger partial charge in [-0.3, -0.25) is 4.79 Å². The Morgan fingerprint density at radius 3 is 2.41 bits per heavy atom. The molecule has 1 aliphatic rings. The van der Waals surface area contributed by atoms with Crippen LogP contribution in [0.5, 0.6) is 5.75 Å². The second kappa shape index (κ2) is 7.31. The van der Waals surface area contributed by atoms with E-state index in [0.29, 0.717) is 6.61 Å². The van der Waals surface area contributed by atoms with Crippen LogP contribution in [0.25, 0.3) is 0 Å². The molecule has 1 aromatic rings. The number of ether oxygens (including phenoxy) is 2. The topological polar surface area (TPSA) is 59.3 Å². The fourth-order valence-corrected chi connectivity index (χ4v) is 3.48. The van der Waals surface area contributed by atoms with Gasteiger partial charge in [0.15, 0.2) is 5.92 Å². The lowest BCUT2D eigenvalue weighted by Gasteiger charge is -2.40. The fourth-order valence-electron chi connectivity index (χ4n) is 3.48. The SMILES string of the molecule is CCOC(=O)C(C#N)C1(c2ccc(OC)cc2)CCCCC1. The quantitative estimate of drug-likeness (QED) is 0.780. The first-order valence-electron chi connectivity index (χ1n) is 7.88. The van der Waals surface area contributed by atoms with Crippen LogP contribution >= 0.6 is 0 Å². The minimum atomic E-state index is -0.749. The highest BCUT2D eigenvalue weighted by atomic mass is 16.5. The molecule has 0 bridgehead atoms. The molecule has 0 saturated heterocycles. The molecule has 1 aliphatic carbocycles. The highest BCUT2D eigenvalue weighted by molar-refractivity contribution is 5.77. The third-order valence-electron chi connectivity index (χ3n) is 4.61. The lowest BCUT2D eigenvalue weighted by Crippen LogP contribution is -2.41. The number of carbonyl (C=O) groups excluding carboxylic acids is 1. The van der Waals surface area contributed by atoms with Gasteiger partial charge in [-0.1, -0.05) is 31.4 Å². The Labute approximate surface area is 132 Å². The van der Waals surface area contributed by atoms with Crippen LogP contribution in [0.4, 0.5) is 0 Å². The van der Waals surface area contributed by atoms with E-state index in [4.69, 9.17) is 9.47 Å². The maximum absolute atomic E-state index is 12.3. The molecule has 1 fully saturated rings. The van der Waals surface area contributed by atoms with Gasteiger partial charge in [-0.2, -0.15) is 5.26 Å². The van der Waals surface area contributed by atoms with E-state index in [1.165, 1.54) is 0 Å². The molecular formula is C18H23NO3. The average Bonchev–Trinajstić information content (AvgIpc) is 2.56. The molecule has 2 rings (SSSR count). The smallest absolute Gasteiger partial charge is 0.324 e. The van der Waals surface area contributed by atoms with Gasteiger partial charge >= 0.3 is 5.97 Å². The van der Waals surface area contributed by atoms with Crippen molar-refractivity contribution in [2.75, 3.05) is 13.7 Å². The molecule has 0 aliphatic heterocycles. The van der Waals surface area contributed by atoms with Crippen molar-refractivity contribution in [1.29, 1.82) is 5.26 Å². The van der Waals surface area contributed by atoms with Crippen LogP contribution in [0.3, 0.4) is 0 Å². The first-order chi connectivity index (χ1) is 10.7. The molecule has 0 spiro atoms. The number of hydrogen-bond acceptors (Lipinski definition) is 4. The van der Waals surface area contributed by atoms with E-state index < -0.39 is 17.3 Å². The van der Waals surface area contributed by atoms with Gasteiger partial charge in [-0.25, -0.2) is 0 Å². The molecule has 0 N–H and O–H groups in total. The van der Waals surface area contributed by atoms with Crippen molar-refractivity contribution in [3.63, 3.8) is 0 Å². The summed E-state index contributed by atoms with van der Waals surface area (Å²) < 4.78 is 10.4. The predicted molar refractivity (Wildman–Crippen MR) is 83.5 cm³/mol. The van der Waals surface area contributed by atoms with Crippen molar-refractivity contribution in [2.45, 2.75) is 44.4 Å². The monoisotopic (exact) mass is 301 g/mol. The van der Waals surface area contributed by atoms with Gasteiger partial charge in [0.25, 0.3) is 0 Å². The maximum Gasteiger partial charge on any atom is 0.324 e. The van der Waals surface area contributed by atoms with E-state index in [2.05, 4.69) is 6.07 Å². The molecule has 4 nitrogen and oxygen atoms in total. The fraction of sp³-hybridized carbons (Fsp3) is 0.556. The largest absolute Gasteiger partial charge is 0.497 e. The molecule has 0 heterocycles. The van der Waals surface area contributed by atoms with Crippen molar-refractivity contribution >= 4 is 5.97 Å². The Morgan fingerprint density at radius 2 is 1.91 bits per heavy atom. The lowest BCUT2D eigenvalue weighted by atomic mass is 9.62. The lowest BCUT2D eigenvalue weighted by molar-refractivity contribution is -0.148. The number of rotatable bonds is 5. The summed E-state index contributed by atoms with van der Waals surface area (Å²) in [6, 6.07) is 9.97. The molecule has 0 amide bonds. The van der Waals surface area contributed by atoms with Crippen molar-refractivity contribution in [3.05, 3.63) is 29.8 Å². The van der Waals surface area contributed by atoms with E-state index in [9.17, 15) is 10.1 Å². The Morgan fingerprint density at radius 1 is 1.27 bits per heavy atom. The zero-order chi connectivity index (χ0) is 16.0. The molecule has 1 unspecified atom stereocenters. The Hall–Kier alpha value is -2.02. The molecular weight excluding hydrogens is 278 g/mol. The van der Waals surface area contributed by atoms with Gasteiger partial charge in [0.05, 0.1) is 19.8 Å². The summed E-state index contributed by atoms with van der Waals surface area (Å²) >= 11 is 0. The van der Waals surface area contributed by atoms with Crippen LogP contribution in [0.15, 0.2) is 24.3 Å². The van der Waals surface area contributed by atoms with E-state index in [-0.39, 0.29) is 0 Å². The van der Waals surface area contributed by atoms with Gasteiger partial charge < -0.3 is 9.47 Å². The van der Waals surface area contributed by atoms with Crippen molar-refractivity contribution in [3.8, 4) is 11.8 Å². The van der Waals surface area contributed by atoms with Crippen LogP contribution in [0.1, 0.15) is 44.6 Å². The highest BCUT2D eigenvalue weighted by Crippen LogP contribution is 2.45. The molecule has 118 valence electrons. The van der Waals surface area contributed by atoms with E-state index in [1.807, 2.05) is 24.3 Å². The molecule has 1 saturated carbocycles. The van der Waals surface area contributed by atoms with Crippen LogP contribution in [0, 0.1) is 17.2 Å². The zero-order valence-electron chi connectivity index (χ0n) is 13.3. The number of nitriles is 1. The number of hydrogen-bond donors (Lipinski definition) is 0. The van der Waals surface area contributed by atoms with Crippen LogP contribution < -0.4 is 4.74 Å². The molecule has 0 radical (unpaired) electrons. The Balaban J connectivity index is 2.41. The summed E-state index contributed by atoms with van der Waals surface area (Å²) in [4.78, 5) is 12.3. The highest BCUT2D eigenvalue weighted by Gasteiger charge is 2.46. The maximum atomic E-state index is 12.3. The second-order valence-corrected chi connectivity index (χ2v) is 5.76. The third-order valence-corrected chi connectivity index (χ3v) is 4.61. The number of carbonyl (C=O) groups is 1. The Bertz CT molecular complexity index is 538. The minimum Gasteiger partial charge on any atom is -0.497 e. The number of nitrogens with zero attached hydrogens (tertiary/aromatic N) is 1. The number of benzene rings is 1. The van der Waals surface area contributed by atoms with Crippen LogP contribution in [-0.2, 0) is 14.9 Å². The molecule has 1 atom stereocenters. The normalized spacial score (nSPS) is 18.0. The van der Waals surface area contributed by atoms with E-state index >= 15 is 0 Å². The van der Waals surface area contributed by atoms with E-state index in [1.54, 1.807) is 14.0 Å². The molecule has 1 aromatic carbocycles. The van der Waals surface area contributed by atoms with Crippen LogP contribution in [-0.4, -0.2) is 19.7 Å². The number of methoxy groups -OCH3 is 1. The van der Waals surface area contributed by atoms with Gasteiger partial charge in [-0.05, 0) is 37.5 Å². The summed E-state index contributed by atoms with van der Waals surface area (Å²) in [5.41, 5.74) is 0.596. The van der Waals surface area contributed by atoms with Gasteiger partial charge in [0, 0.05) is 5.41 Å². The molecule has 4 heteroatoms. The van der Waals surface area contributed by atoms with Gasteiger partial charge in [0.1, 0.15) is 5.75 Å². The predicted octanol–water partition coefficient (Wildman–Crippen LogP) is 3.60. The van der Waals surface area contributed by atoms with Gasteiger partial charge in [0.2, 0.25) is 0 Å². The van der Waals surface area contributed by atoms with E-state index in [0.717, 1.165) is 43.4 Å². The summed E-state index contributed by atoms with van der Waals surface area (Å²) in [6.07, 6.45) is 4.90. The first kappa shape index (κ1) is 16.4. The van der Waals surface area contributed by atoms with Crippen LogP contribution in [0.2, 0.25) is 0 Å². The second-order valence-electron chi connectivity index (χ2n) is 5.76. The standard InChI is InChI=1S/C18H23NO3/c1-3-22-17(20)16(13-19)18(11-5-4-6-12-18)14-7-9-15(21-2)10-8-14/h7-10,16H,3-6,11-12H2,1-2H3. The first-order valence-corrected chi connectivity index (χ1v) is 7.88. The summed E-state index contributed by atoms with van der Waals surface area (Å²) in [5, 5.41) is 9.63. The van der Waals surface area contributed by atoms with Crippen molar-refractivity contribution < 1.29 is 14.3 Å².